The predicted molar refractivity (Wildman–Crippen MR) is 107 cm³/mol. The molecule has 0 aliphatic rings. The average Bonchev–Trinajstić information content (AvgIpc) is 2.66. The highest BCUT2D eigenvalue weighted by atomic mass is 28.3. The lowest BCUT2D eigenvalue weighted by Crippen LogP contribution is -2.31. The van der Waals surface area contributed by atoms with Gasteiger partial charge in [-0.05, 0) is 48.6 Å². The highest BCUT2D eigenvalue weighted by Gasteiger charge is 2.17. The Balaban J connectivity index is 1.95. The molecule has 2 N–H and O–H groups in total. The molecule has 25 heavy (non-hydrogen) atoms. The Morgan fingerprint density at radius 1 is 0.520 bits per heavy atom. The van der Waals surface area contributed by atoms with E-state index in [0.29, 0.717) is 5.19 Å². The average molecular weight is 340 g/mol. The van der Waals surface area contributed by atoms with Gasteiger partial charge in [0.05, 0.1) is 0 Å². The van der Waals surface area contributed by atoms with Gasteiger partial charge in [0.2, 0.25) is 0 Å². The number of rotatable bonds is 2. The maximum absolute atomic E-state index is 9.90. The summed E-state index contributed by atoms with van der Waals surface area (Å²) in [7, 11) is -2.89. The molecule has 3 heteroatoms. The predicted octanol–water partition coefficient (Wildman–Crippen LogP) is 3.66. The third-order valence-electron chi connectivity index (χ3n) is 5.06. The number of benzene rings is 5. The van der Waals surface area contributed by atoms with Gasteiger partial charge in [-0.25, -0.2) is 0 Å². The molecule has 0 atom stereocenters. The highest BCUT2D eigenvalue weighted by molar-refractivity contribution is 6.60. The molecule has 0 fully saturated rings. The quantitative estimate of drug-likeness (QED) is 0.380. The number of hydrogen-bond acceptors (Lipinski definition) is 2. The Labute approximate surface area is 146 Å². The summed E-state index contributed by atoms with van der Waals surface area (Å²) < 4.78 is 0. The zero-order valence-corrected chi connectivity index (χ0v) is 14.6. The van der Waals surface area contributed by atoms with Gasteiger partial charge in [0.25, 0.3) is 0 Å². The van der Waals surface area contributed by atoms with E-state index in [9.17, 15) is 9.59 Å². The fourth-order valence-corrected chi connectivity index (χ4v) is 4.75. The van der Waals surface area contributed by atoms with Gasteiger partial charge in [-0.2, -0.15) is 0 Å². The smallest absolute Gasteiger partial charge is 0.351 e. The van der Waals surface area contributed by atoms with Gasteiger partial charge in [0.1, 0.15) is 0 Å². The molecule has 0 unspecified atom stereocenters. The monoisotopic (exact) mass is 340 g/mol. The molecular formula is C22H16O2Si. The molecule has 0 heterocycles. The van der Waals surface area contributed by atoms with Crippen molar-refractivity contribution in [3.8, 4) is 11.1 Å². The first-order chi connectivity index (χ1) is 12.2. The van der Waals surface area contributed by atoms with E-state index in [-0.39, 0.29) is 0 Å². The topological polar surface area (TPSA) is 40.5 Å². The van der Waals surface area contributed by atoms with Crippen LogP contribution in [0.15, 0.2) is 78.9 Å². The standard InChI is InChI=1S/C22H16O2Si/c23-25(24)20-7-2-1-6-18(20)17-12-10-16-9-8-14-4-3-5-15-11-13-19(17)22(16)21(14)15/h1-13,23-25H. The van der Waals surface area contributed by atoms with Crippen molar-refractivity contribution in [3.05, 3.63) is 78.9 Å². The first kappa shape index (κ1) is 14.6. The van der Waals surface area contributed by atoms with E-state index < -0.39 is 9.28 Å². The molecule has 0 saturated carbocycles. The molecule has 0 aromatic heterocycles. The van der Waals surface area contributed by atoms with Gasteiger partial charge in [-0.3, -0.25) is 0 Å². The van der Waals surface area contributed by atoms with Crippen molar-refractivity contribution in [1.29, 1.82) is 0 Å². The Kier molecular flexibility index (Phi) is 3.15. The van der Waals surface area contributed by atoms with Gasteiger partial charge in [0.15, 0.2) is 0 Å². The highest BCUT2D eigenvalue weighted by Crippen LogP contribution is 2.38. The van der Waals surface area contributed by atoms with Crippen LogP contribution in [0.4, 0.5) is 0 Å². The maximum atomic E-state index is 9.90. The lowest BCUT2D eigenvalue weighted by molar-refractivity contribution is 0.426. The van der Waals surface area contributed by atoms with Crippen LogP contribution in [0.2, 0.25) is 0 Å². The summed E-state index contributed by atoms with van der Waals surface area (Å²) in [6.45, 7) is 0. The minimum Gasteiger partial charge on any atom is -0.410 e. The van der Waals surface area contributed by atoms with Crippen LogP contribution in [0.25, 0.3) is 43.4 Å². The van der Waals surface area contributed by atoms with Crippen molar-refractivity contribution in [3.63, 3.8) is 0 Å². The molecular weight excluding hydrogens is 324 g/mol. The number of hydrogen-bond donors (Lipinski definition) is 2. The molecule has 120 valence electrons. The van der Waals surface area contributed by atoms with E-state index in [1.165, 1.54) is 26.9 Å². The normalized spacial score (nSPS) is 12.0. The Bertz CT molecular complexity index is 1210. The van der Waals surface area contributed by atoms with E-state index in [4.69, 9.17) is 0 Å². The van der Waals surface area contributed by atoms with Crippen LogP contribution < -0.4 is 5.19 Å². The first-order valence-electron chi connectivity index (χ1n) is 8.36. The van der Waals surface area contributed by atoms with Crippen molar-refractivity contribution in [1.82, 2.24) is 0 Å². The zero-order valence-electron chi connectivity index (χ0n) is 13.5. The van der Waals surface area contributed by atoms with Gasteiger partial charge in [-0.15, -0.1) is 0 Å². The largest absolute Gasteiger partial charge is 0.410 e. The fraction of sp³-hybridized carbons (Fsp3) is 0. The Hall–Kier alpha value is -2.72. The molecule has 0 amide bonds. The fourth-order valence-electron chi connectivity index (χ4n) is 3.94. The molecule has 0 aliphatic heterocycles. The summed E-state index contributed by atoms with van der Waals surface area (Å²) in [4.78, 5) is 19.8. The second kappa shape index (κ2) is 5.39. The summed E-state index contributed by atoms with van der Waals surface area (Å²) in [6, 6.07) is 26.9. The van der Waals surface area contributed by atoms with Crippen LogP contribution in [0, 0.1) is 0 Å². The maximum Gasteiger partial charge on any atom is 0.351 e. The Morgan fingerprint density at radius 2 is 1.16 bits per heavy atom. The molecule has 0 radical (unpaired) electrons. The van der Waals surface area contributed by atoms with Crippen LogP contribution in [0.3, 0.4) is 0 Å². The van der Waals surface area contributed by atoms with Gasteiger partial charge >= 0.3 is 9.28 Å². The Morgan fingerprint density at radius 3 is 1.92 bits per heavy atom. The third-order valence-corrected chi connectivity index (χ3v) is 6.12. The van der Waals surface area contributed by atoms with Crippen molar-refractivity contribution in [2.24, 2.45) is 0 Å². The van der Waals surface area contributed by atoms with Crippen LogP contribution in [-0.2, 0) is 0 Å². The minimum atomic E-state index is -2.89. The van der Waals surface area contributed by atoms with Crippen molar-refractivity contribution in [2.45, 2.75) is 0 Å². The van der Waals surface area contributed by atoms with Crippen LogP contribution >= 0.6 is 0 Å². The molecule has 5 rings (SSSR count). The van der Waals surface area contributed by atoms with Crippen LogP contribution in [-0.4, -0.2) is 18.9 Å². The van der Waals surface area contributed by atoms with Crippen molar-refractivity contribution in [2.75, 3.05) is 0 Å². The summed E-state index contributed by atoms with van der Waals surface area (Å²) in [6.07, 6.45) is 0. The minimum absolute atomic E-state index is 0.664. The second-order valence-electron chi connectivity index (χ2n) is 6.43. The van der Waals surface area contributed by atoms with E-state index in [1.807, 2.05) is 24.3 Å². The lowest BCUT2D eigenvalue weighted by atomic mass is 9.90. The molecule has 2 nitrogen and oxygen atoms in total. The summed E-state index contributed by atoms with van der Waals surface area (Å²) >= 11 is 0. The molecule has 0 spiro atoms. The molecule has 5 aromatic carbocycles. The third kappa shape index (κ3) is 2.11. The van der Waals surface area contributed by atoms with Gasteiger partial charge < -0.3 is 9.59 Å². The molecule has 5 aromatic rings. The summed E-state index contributed by atoms with van der Waals surface area (Å²) in [5, 5.41) is 8.02. The second-order valence-corrected chi connectivity index (χ2v) is 7.80. The molecule has 0 aliphatic carbocycles. The molecule has 0 bridgehead atoms. The van der Waals surface area contributed by atoms with Crippen LogP contribution in [0.5, 0.6) is 0 Å². The van der Waals surface area contributed by atoms with Crippen molar-refractivity contribution >= 4 is 46.8 Å². The van der Waals surface area contributed by atoms with Crippen LogP contribution in [0.1, 0.15) is 0 Å². The lowest BCUT2D eigenvalue weighted by Gasteiger charge is -2.16. The van der Waals surface area contributed by atoms with E-state index >= 15 is 0 Å². The van der Waals surface area contributed by atoms with Gasteiger partial charge in [0, 0.05) is 0 Å². The van der Waals surface area contributed by atoms with E-state index in [2.05, 4.69) is 54.6 Å². The summed E-state index contributed by atoms with van der Waals surface area (Å²) in [5.74, 6) is 0. The molecule has 0 saturated heterocycles. The van der Waals surface area contributed by atoms with E-state index in [1.54, 1.807) is 0 Å². The summed E-state index contributed by atoms with van der Waals surface area (Å²) in [5.41, 5.74) is 1.98. The first-order valence-corrected chi connectivity index (χ1v) is 9.97. The van der Waals surface area contributed by atoms with Crippen molar-refractivity contribution < 1.29 is 9.59 Å². The van der Waals surface area contributed by atoms with E-state index in [0.717, 1.165) is 16.5 Å². The van der Waals surface area contributed by atoms with Gasteiger partial charge in [-0.1, -0.05) is 78.9 Å². The zero-order chi connectivity index (χ0) is 17.0. The SMILES string of the molecule is O[SiH](O)c1ccccc1-c1ccc2ccc3cccc4ccc1c2c34.